The first-order valence-corrected chi connectivity index (χ1v) is 11.1. The molecule has 2 aromatic rings. The lowest BCUT2D eigenvalue weighted by atomic mass is 9.82. The highest BCUT2D eigenvalue weighted by molar-refractivity contribution is 5.96. The third kappa shape index (κ3) is 6.18. The lowest BCUT2D eigenvalue weighted by molar-refractivity contribution is -0.125. The average molecular weight is 453 g/mol. The van der Waals surface area contributed by atoms with Gasteiger partial charge in [0.05, 0.1) is 13.0 Å². The molecule has 1 aliphatic rings. The standard InChI is InChI=1S/C26H32N2O5/c1-16-10-11-18(21(14-16)28-24(31)33-25(2,3)4)19(22(29)26(5)12-13-26)15-17-8-7-9-20(27-17)23(30)32-6/h7-11,14,19H,12-13,15H2,1-6H3,(H,28,31). The van der Waals surface area contributed by atoms with Crippen LogP contribution in [0, 0.1) is 12.3 Å². The van der Waals surface area contributed by atoms with Gasteiger partial charge in [-0.1, -0.05) is 25.1 Å². The maximum atomic E-state index is 13.6. The Morgan fingerprint density at radius 1 is 1.15 bits per heavy atom. The van der Waals surface area contributed by atoms with Gasteiger partial charge in [0.1, 0.15) is 17.1 Å². The van der Waals surface area contributed by atoms with Crippen LogP contribution in [0.4, 0.5) is 10.5 Å². The van der Waals surface area contributed by atoms with Crippen molar-refractivity contribution in [3.8, 4) is 0 Å². The molecule has 0 radical (unpaired) electrons. The summed E-state index contributed by atoms with van der Waals surface area (Å²) in [6, 6.07) is 10.7. The SMILES string of the molecule is COC(=O)c1cccc(CC(C(=O)C2(C)CC2)c2ccc(C)cc2NC(=O)OC(C)(C)C)n1. The average Bonchev–Trinajstić information content (AvgIpc) is 3.49. The van der Waals surface area contributed by atoms with E-state index in [-0.39, 0.29) is 11.5 Å². The third-order valence-electron chi connectivity index (χ3n) is 5.75. The Bertz CT molecular complexity index is 1070. The second-order valence-electron chi connectivity index (χ2n) is 9.90. The highest BCUT2D eigenvalue weighted by Gasteiger charge is 2.48. The first-order valence-electron chi connectivity index (χ1n) is 11.1. The molecule has 33 heavy (non-hydrogen) atoms. The van der Waals surface area contributed by atoms with E-state index in [0.717, 1.165) is 18.4 Å². The Kier molecular flexibility index (Phi) is 6.91. The number of rotatable bonds is 7. The smallest absolute Gasteiger partial charge is 0.412 e. The van der Waals surface area contributed by atoms with E-state index in [1.807, 2.05) is 32.0 Å². The van der Waals surface area contributed by atoms with Gasteiger partial charge in [0, 0.05) is 23.2 Å². The summed E-state index contributed by atoms with van der Waals surface area (Å²) in [7, 11) is 1.30. The molecular weight excluding hydrogens is 420 g/mol. The first kappa shape index (κ1) is 24.4. The van der Waals surface area contributed by atoms with Crippen LogP contribution in [0.1, 0.15) is 73.8 Å². The van der Waals surface area contributed by atoms with Crippen LogP contribution in [0.2, 0.25) is 0 Å². The number of aryl methyl sites for hydroxylation is 1. The van der Waals surface area contributed by atoms with E-state index in [1.165, 1.54) is 7.11 Å². The lowest BCUT2D eigenvalue weighted by Gasteiger charge is -2.24. The van der Waals surface area contributed by atoms with E-state index in [4.69, 9.17) is 9.47 Å². The number of hydrogen-bond acceptors (Lipinski definition) is 6. The summed E-state index contributed by atoms with van der Waals surface area (Å²) < 4.78 is 10.2. The second kappa shape index (κ2) is 9.33. The molecule has 1 N–H and O–H groups in total. The van der Waals surface area contributed by atoms with Gasteiger partial charge in [0.15, 0.2) is 0 Å². The van der Waals surface area contributed by atoms with Crippen LogP contribution in [-0.4, -0.2) is 35.5 Å². The number of anilines is 1. The Morgan fingerprint density at radius 2 is 1.85 bits per heavy atom. The Hall–Kier alpha value is -3.22. The van der Waals surface area contributed by atoms with Crippen LogP contribution >= 0.6 is 0 Å². The van der Waals surface area contributed by atoms with E-state index < -0.39 is 29.0 Å². The minimum Gasteiger partial charge on any atom is -0.464 e. The zero-order valence-corrected chi connectivity index (χ0v) is 20.2. The fourth-order valence-corrected chi connectivity index (χ4v) is 3.71. The van der Waals surface area contributed by atoms with Gasteiger partial charge in [-0.05, 0) is 69.9 Å². The van der Waals surface area contributed by atoms with E-state index >= 15 is 0 Å². The summed E-state index contributed by atoms with van der Waals surface area (Å²) in [6.45, 7) is 9.28. The number of pyridine rings is 1. The van der Waals surface area contributed by atoms with Gasteiger partial charge in [-0.15, -0.1) is 0 Å². The molecule has 7 nitrogen and oxygen atoms in total. The maximum absolute atomic E-state index is 13.6. The number of carbonyl (C=O) groups excluding carboxylic acids is 3. The van der Waals surface area contributed by atoms with Crippen molar-refractivity contribution in [2.75, 3.05) is 12.4 Å². The van der Waals surface area contributed by atoms with Crippen molar-refractivity contribution in [1.82, 2.24) is 4.98 Å². The monoisotopic (exact) mass is 452 g/mol. The fraction of sp³-hybridized carbons (Fsp3) is 0.462. The molecule has 0 saturated heterocycles. The topological polar surface area (TPSA) is 94.6 Å². The van der Waals surface area contributed by atoms with E-state index in [0.29, 0.717) is 23.4 Å². The van der Waals surface area contributed by atoms with Crippen molar-refractivity contribution in [1.29, 1.82) is 0 Å². The summed E-state index contributed by atoms with van der Waals surface area (Å²) in [5.41, 5.74) is 1.94. The number of benzene rings is 1. The number of Topliss-reactive ketones (excluding diaryl/α,β-unsaturated/α-hetero) is 1. The van der Waals surface area contributed by atoms with E-state index in [1.54, 1.807) is 39.0 Å². The largest absolute Gasteiger partial charge is 0.464 e. The molecule has 0 spiro atoms. The molecule has 0 aliphatic heterocycles. The summed E-state index contributed by atoms with van der Waals surface area (Å²) in [6.07, 6.45) is 1.38. The molecule has 1 unspecified atom stereocenters. The van der Waals surface area contributed by atoms with Gasteiger partial charge in [0.25, 0.3) is 0 Å². The number of ether oxygens (including phenoxy) is 2. The molecule has 176 valence electrons. The Balaban J connectivity index is 1.99. The van der Waals surface area contributed by atoms with Crippen molar-refractivity contribution in [2.45, 2.75) is 65.4 Å². The van der Waals surface area contributed by atoms with Crippen LogP contribution < -0.4 is 5.32 Å². The van der Waals surface area contributed by atoms with Crippen LogP contribution in [0.15, 0.2) is 36.4 Å². The summed E-state index contributed by atoms with van der Waals surface area (Å²) in [5.74, 6) is -0.969. The maximum Gasteiger partial charge on any atom is 0.412 e. The van der Waals surface area contributed by atoms with Gasteiger partial charge in [-0.2, -0.15) is 0 Å². The molecule has 1 aromatic carbocycles. The molecule has 1 amide bonds. The van der Waals surface area contributed by atoms with Crippen molar-refractivity contribution in [2.24, 2.45) is 5.41 Å². The zero-order chi connectivity index (χ0) is 24.4. The van der Waals surface area contributed by atoms with Crippen molar-refractivity contribution < 1.29 is 23.9 Å². The van der Waals surface area contributed by atoms with Gasteiger partial charge >= 0.3 is 12.1 Å². The fourth-order valence-electron chi connectivity index (χ4n) is 3.71. The highest BCUT2D eigenvalue weighted by Crippen LogP contribution is 2.50. The van der Waals surface area contributed by atoms with Crippen molar-refractivity contribution in [3.05, 3.63) is 58.9 Å². The van der Waals surface area contributed by atoms with Crippen molar-refractivity contribution >= 4 is 23.5 Å². The van der Waals surface area contributed by atoms with Gasteiger partial charge < -0.3 is 9.47 Å². The number of methoxy groups -OCH3 is 1. The van der Waals surface area contributed by atoms with Gasteiger partial charge in [-0.3, -0.25) is 10.1 Å². The molecule has 1 saturated carbocycles. The molecule has 0 bridgehead atoms. The van der Waals surface area contributed by atoms with Crippen LogP contribution in [0.5, 0.6) is 0 Å². The number of ketones is 1. The van der Waals surface area contributed by atoms with Crippen molar-refractivity contribution in [3.63, 3.8) is 0 Å². The number of esters is 1. The number of aromatic nitrogens is 1. The zero-order valence-electron chi connectivity index (χ0n) is 20.2. The molecule has 1 aliphatic carbocycles. The van der Waals surface area contributed by atoms with Crippen LogP contribution in [0.3, 0.4) is 0 Å². The molecule has 3 rings (SSSR count). The number of amides is 1. The first-order chi connectivity index (χ1) is 15.4. The summed E-state index contributed by atoms with van der Waals surface area (Å²) in [4.78, 5) is 42.5. The molecular formula is C26H32N2O5. The molecule has 1 aromatic heterocycles. The number of carbonyl (C=O) groups is 3. The predicted molar refractivity (Wildman–Crippen MR) is 125 cm³/mol. The summed E-state index contributed by atoms with van der Waals surface area (Å²) >= 11 is 0. The minimum absolute atomic E-state index is 0.101. The number of nitrogens with one attached hydrogen (secondary N) is 1. The quantitative estimate of drug-likeness (QED) is 0.579. The van der Waals surface area contributed by atoms with E-state index in [9.17, 15) is 14.4 Å². The van der Waals surface area contributed by atoms with Gasteiger partial charge in [0.2, 0.25) is 0 Å². The number of nitrogens with zero attached hydrogens (tertiary/aromatic N) is 1. The predicted octanol–water partition coefficient (Wildman–Crippen LogP) is 5.22. The number of hydrogen-bond donors (Lipinski definition) is 1. The van der Waals surface area contributed by atoms with Gasteiger partial charge in [-0.25, -0.2) is 14.6 Å². The molecule has 1 atom stereocenters. The lowest BCUT2D eigenvalue weighted by Crippen LogP contribution is -2.29. The molecule has 1 fully saturated rings. The second-order valence-corrected chi connectivity index (χ2v) is 9.90. The van der Waals surface area contributed by atoms with Crippen LogP contribution in [-0.2, 0) is 20.7 Å². The molecule has 7 heteroatoms. The molecule has 1 heterocycles. The minimum atomic E-state index is -0.650. The Labute approximate surface area is 194 Å². The highest BCUT2D eigenvalue weighted by atomic mass is 16.6. The normalized spacial score (nSPS) is 15.3. The Morgan fingerprint density at radius 3 is 2.45 bits per heavy atom. The van der Waals surface area contributed by atoms with E-state index in [2.05, 4.69) is 10.3 Å². The van der Waals surface area contributed by atoms with Crippen LogP contribution in [0.25, 0.3) is 0 Å². The third-order valence-corrected chi connectivity index (χ3v) is 5.75. The summed E-state index contributed by atoms with van der Waals surface area (Å²) in [5, 5.41) is 2.83.